The highest BCUT2D eigenvalue weighted by molar-refractivity contribution is 7.09. The van der Waals surface area contributed by atoms with Crippen molar-refractivity contribution in [2.45, 2.75) is 19.8 Å². The van der Waals surface area contributed by atoms with Gasteiger partial charge in [-0.15, -0.1) is 11.3 Å². The number of rotatable bonds is 4. The number of hydrogen-bond donors (Lipinski definition) is 1. The molecule has 0 spiro atoms. The number of amides is 1. The Balaban J connectivity index is 1.88. The van der Waals surface area contributed by atoms with Crippen LogP contribution in [0.4, 0.5) is 5.69 Å². The normalized spacial score (nSPS) is 10.3. The highest BCUT2D eigenvalue weighted by Crippen LogP contribution is 2.20. The van der Waals surface area contributed by atoms with E-state index in [0.29, 0.717) is 11.4 Å². The summed E-state index contributed by atoms with van der Waals surface area (Å²) in [7, 11) is 0. The number of benzene rings is 1. The van der Waals surface area contributed by atoms with Gasteiger partial charge in [0.25, 0.3) is 0 Å². The molecular weight excluding hydrogens is 266 g/mol. The number of anilines is 1. The summed E-state index contributed by atoms with van der Waals surface area (Å²) in [5.74, 6) is 0.0170. The third-order valence-corrected chi connectivity index (χ3v) is 3.98. The summed E-state index contributed by atoms with van der Waals surface area (Å²) in [6.45, 7) is 1.94. The molecule has 0 radical (unpaired) electrons. The topological polar surface area (TPSA) is 29.1 Å². The van der Waals surface area contributed by atoms with E-state index >= 15 is 0 Å². The monoisotopic (exact) mass is 279 g/mol. The molecule has 0 saturated heterocycles. The Labute approximate surface area is 116 Å². The van der Waals surface area contributed by atoms with Crippen molar-refractivity contribution in [3.8, 4) is 0 Å². The number of carbonyl (C=O) groups excluding carboxylic acids is 1. The third-order valence-electron chi connectivity index (χ3n) is 2.63. The number of carbonyl (C=O) groups is 1. The fraction of sp³-hybridized carbons (Fsp3) is 0.214. The molecule has 0 atom stereocenters. The lowest BCUT2D eigenvalue weighted by Gasteiger charge is -2.06. The molecule has 1 aromatic heterocycles. The SMILES string of the molecule is Cc1ccc(NC(=O)CCc2cccs2)cc1Cl. The molecule has 0 unspecified atom stereocenters. The van der Waals surface area contributed by atoms with Crippen molar-refractivity contribution in [2.24, 2.45) is 0 Å². The number of aryl methyl sites for hydroxylation is 2. The zero-order valence-corrected chi connectivity index (χ0v) is 11.6. The number of hydrogen-bond acceptors (Lipinski definition) is 2. The number of thiophene rings is 1. The molecular formula is C14H14ClNOS. The average Bonchev–Trinajstić information content (AvgIpc) is 2.84. The Hall–Kier alpha value is -1.32. The molecule has 1 amide bonds. The van der Waals surface area contributed by atoms with E-state index in [1.165, 1.54) is 4.88 Å². The summed E-state index contributed by atoms with van der Waals surface area (Å²) < 4.78 is 0. The minimum absolute atomic E-state index is 0.0170. The van der Waals surface area contributed by atoms with Gasteiger partial charge in [0.05, 0.1) is 0 Å². The van der Waals surface area contributed by atoms with Gasteiger partial charge in [0.15, 0.2) is 0 Å². The van der Waals surface area contributed by atoms with Crippen LogP contribution < -0.4 is 5.32 Å². The van der Waals surface area contributed by atoms with Gasteiger partial charge in [-0.2, -0.15) is 0 Å². The first-order chi connectivity index (χ1) is 8.65. The highest BCUT2D eigenvalue weighted by atomic mass is 35.5. The summed E-state index contributed by atoms with van der Waals surface area (Å²) >= 11 is 7.68. The minimum atomic E-state index is 0.0170. The third kappa shape index (κ3) is 3.59. The number of halogens is 1. The molecule has 94 valence electrons. The quantitative estimate of drug-likeness (QED) is 0.889. The molecule has 18 heavy (non-hydrogen) atoms. The van der Waals surface area contributed by atoms with E-state index in [0.717, 1.165) is 17.7 Å². The van der Waals surface area contributed by atoms with Gasteiger partial charge in [-0.3, -0.25) is 4.79 Å². The first-order valence-electron chi connectivity index (χ1n) is 5.73. The molecule has 1 aromatic carbocycles. The molecule has 1 N–H and O–H groups in total. The van der Waals surface area contributed by atoms with Crippen molar-refractivity contribution in [1.29, 1.82) is 0 Å². The Bertz CT molecular complexity index is 537. The van der Waals surface area contributed by atoms with Gasteiger partial charge in [-0.05, 0) is 42.5 Å². The van der Waals surface area contributed by atoms with E-state index in [9.17, 15) is 4.79 Å². The summed E-state index contributed by atoms with van der Waals surface area (Å²) in [6, 6.07) is 9.58. The molecule has 0 aliphatic rings. The second kappa shape index (κ2) is 6.03. The van der Waals surface area contributed by atoms with Gasteiger partial charge in [-0.25, -0.2) is 0 Å². The molecule has 0 aliphatic carbocycles. The maximum absolute atomic E-state index is 11.8. The smallest absolute Gasteiger partial charge is 0.224 e. The van der Waals surface area contributed by atoms with E-state index in [1.807, 2.05) is 36.6 Å². The van der Waals surface area contributed by atoms with Crippen molar-refractivity contribution in [2.75, 3.05) is 5.32 Å². The van der Waals surface area contributed by atoms with Crippen LogP contribution in [0, 0.1) is 6.92 Å². The Morgan fingerprint density at radius 3 is 2.89 bits per heavy atom. The second-order valence-corrected chi connectivity index (χ2v) is 5.53. The lowest BCUT2D eigenvalue weighted by Crippen LogP contribution is -2.12. The standard InChI is InChI=1S/C14H14ClNOS/c1-10-4-5-11(9-13(10)15)16-14(17)7-6-12-3-2-8-18-12/h2-5,8-9H,6-7H2,1H3,(H,16,17). The minimum Gasteiger partial charge on any atom is -0.326 e. The Kier molecular flexibility index (Phi) is 4.39. The van der Waals surface area contributed by atoms with Gasteiger partial charge >= 0.3 is 0 Å². The molecule has 0 bridgehead atoms. The summed E-state index contributed by atoms with van der Waals surface area (Å²) in [4.78, 5) is 13.0. The van der Waals surface area contributed by atoms with Gasteiger partial charge < -0.3 is 5.32 Å². The Morgan fingerprint density at radius 1 is 1.39 bits per heavy atom. The van der Waals surface area contributed by atoms with Crippen LogP contribution in [0.3, 0.4) is 0 Å². The molecule has 0 saturated carbocycles. The summed E-state index contributed by atoms with van der Waals surface area (Å²) in [5.41, 5.74) is 1.76. The van der Waals surface area contributed by atoms with Crippen LogP contribution in [0.15, 0.2) is 35.7 Å². The Morgan fingerprint density at radius 2 is 2.22 bits per heavy atom. The van der Waals surface area contributed by atoms with E-state index in [-0.39, 0.29) is 5.91 Å². The molecule has 4 heteroatoms. The van der Waals surface area contributed by atoms with Crippen molar-refractivity contribution in [1.82, 2.24) is 0 Å². The fourth-order valence-electron chi connectivity index (χ4n) is 1.59. The first-order valence-corrected chi connectivity index (χ1v) is 6.99. The van der Waals surface area contributed by atoms with Crippen LogP contribution in [-0.2, 0) is 11.2 Å². The predicted octanol–water partition coefficient (Wildman–Crippen LogP) is 4.28. The van der Waals surface area contributed by atoms with Gasteiger partial charge in [0, 0.05) is 22.0 Å². The molecule has 0 fully saturated rings. The van der Waals surface area contributed by atoms with Crippen molar-refractivity contribution in [3.63, 3.8) is 0 Å². The van der Waals surface area contributed by atoms with Crippen LogP contribution >= 0.6 is 22.9 Å². The molecule has 2 nitrogen and oxygen atoms in total. The van der Waals surface area contributed by atoms with Gasteiger partial charge in [-0.1, -0.05) is 23.7 Å². The lowest BCUT2D eigenvalue weighted by molar-refractivity contribution is -0.116. The van der Waals surface area contributed by atoms with Crippen LogP contribution in [0.2, 0.25) is 5.02 Å². The average molecular weight is 280 g/mol. The van der Waals surface area contributed by atoms with Crippen LogP contribution in [0.25, 0.3) is 0 Å². The predicted molar refractivity (Wildman–Crippen MR) is 77.5 cm³/mol. The maximum Gasteiger partial charge on any atom is 0.224 e. The first kappa shape index (κ1) is 13.1. The van der Waals surface area contributed by atoms with Crippen LogP contribution in [-0.4, -0.2) is 5.91 Å². The van der Waals surface area contributed by atoms with Crippen molar-refractivity contribution < 1.29 is 4.79 Å². The molecule has 2 rings (SSSR count). The van der Waals surface area contributed by atoms with Crippen LogP contribution in [0.1, 0.15) is 16.9 Å². The molecule has 2 aromatic rings. The zero-order chi connectivity index (χ0) is 13.0. The lowest BCUT2D eigenvalue weighted by atomic mass is 10.2. The van der Waals surface area contributed by atoms with E-state index in [2.05, 4.69) is 5.32 Å². The molecule has 1 heterocycles. The summed E-state index contributed by atoms with van der Waals surface area (Å²) in [6.07, 6.45) is 1.27. The number of nitrogens with one attached hydrogen (secondary N) is 1. The van der Waals surface area contributed by atoms with Crippen molar-refractivity contribution >= 4 is 34.5 Å². The zero-order valence-electron chi connectivity index (χ0n) is 10.1. The van der Waals surface area contributed by atoms with E-state index in [1.54, 1.807) is 17.4 Å². The van der Waals surface area contributed by atoms with Crippen molar-refractivity contribution in [3.05, 3.63) is 51.2 Å². The maximum atomic E-state index is 11.8. The largest absolute Gasteiger partial charge is 0.326 e. The second-order valence-electron chi connectivity index (χ2n) is 4.09. The van der Waals surface area contributed by atoms with Crippen LogP contribution in [0.5, 0.6) is 0 Å². The summed E-state index contributed by atoms with van der Waals surface area (Å²) in [5, 5.41) is 5.55. The van der Waals surface area contributed by atoms with E-state index in [4.69, 9.17) is 11.6 Å². The van der Waals surface area contributed by atoms with Gasteiger partial charge in [0.1, 0.15) is 0 Å². The van der Waals surface area contributed by atoms with E-state index < -0.39 is 0 Å². The van der Waals surface area contributed by atoms with Gasteiger partial charge in [0.2, 0.25) is 5.91 Å². The highest BCUT2D eigenvalue weighted by Gasteiger charge is 2.05. The fourth-order valence-corrected chi connectivity index (χ4v) is 2.48. The molecule has 0 aliphatic heterocycles.